The van der Waals surface area contributed by atoms with E-state index in [1.54, 1.807) is 30.0 Å². The largest absolute Gasteiger partial charge is 0.478 e. The van der Waals surface area contributed by atoms with Gasteiger partial charge in [0.05, 0.1) is 5.56 Å². The topological polar surface area (TPSA) is 57.5 Å². The first kappa shape index (κ1) is 12.1. The maximum absolute atomic E-state index is 10.7. The van der Waals surface area contributed by atoms with E-state index in [-0.39, 0.29) is 6.61 Å². The average molecular weight is 226 g/mol. The van der Waals surface area contributed by atoms with Gasteiger partial charge in [-0.1, -0.05) is 6.07 Å². The number of benzene rings is 1. The molecule has 0 amide bonds. The second kappa shape index (κ2) is 6.48. The highest BCUT2D eigenvalue weighted by Gasteiger charge is 2.02. The number of carboxylic acids is 1. The Morgan fingerprint density at radius 1 is 1.33 bits per heavy atom. The molecule has 2 N–H and O–H groups in total. The van der Waals surface area contributed by atoms with Gasteiger partial charge in [-0.3, -0.25) is 0 Å². The van der Waals surface area contributed by atoms with Crippen LogP contribution in [0.15, 0.2) is 29.2 Å². The minimum absolute atomic E-state index is 0.218. The summed E-state index contributed by atoms with van der Waals surface area (Å²) in [6, 6.07) is 6.90. The molecule has 1 aromatic rings. The average Bonchev–Trinajstić information content (AvgIpc) is 2.25. The third-order valence-corrected chi connectivity index (χ3v) is 2.98. The maximum Gasteiger partial charge on any atom is 0.335 e. The third kappa shape index (κ3) is 4.36. The van der Waals surface area contributed by atoms with E-state index in [0.717, 1.165) is 23.5 Å². The van der Waals surface area contributed by atoms with Crippen LogP contribution in [-0.4, -0.2) is 28.5 Å². The van der Waals surface area contributed by atoms with Crippen molar-refractivity contribution in [2.75, 3.05) is 12.4 Å². The van der Waals surface area contributed by atoms with Crippen LogP contribution in [0.4, 0.5) is 0 Å². The molecule has 0 radical (unpaired) electrons. The molecule has 1 aromatic carbocycles. The summed E-state index contributed by atoms with van der Waals surface area (Å²) in [5, 5.41) is 17.4. The van der Waals surface area contributed by atoms with Gasteiger partial charge in [0, 0.05) is 11.5 Å². The van der Waals surface area contributed by atoms with Crippen molar-refractivity contribution in [3.63, 3.8) is 0 Å². The molecule has 0 unspecified atom stereocenters. The zero-order valence-electron chi connectivity index (χ0n) is 8.35. The summed E-state index contributed by atoms with van der Waals surface area (Å²) in [5.74, 6) is 0.0108. The summed E-state index contributed by atoms with van der Waals surface area (Å²) in [5.41, 5.74) is 0.321. The van der Waals surface area contributed by atoms with Crippen LogP contribution in [0.2, 0.25) is 0 Å². The Kier molecular flexibility index (Phi) is 5.21. The highest BCUT2D eigenvalue weighted by atomic mass is 32.2. The first-order chi connectivity index (χ1) is 7.24. The first-order valence-corrected chi connectivity index (χ1v) is 5.79. The molecule has 15 heavy (non-hydrogen) atoms. The lowest BCUT2D eigenvalue weighted by atomic mass is 10.2. The van der Waals surface area contributed by atoms with Crippen LogP contribution in [0, 0.1) is 0 Å². The van der Waals surface area contributed by atoms with Gasteiger partial charge in [0.1, 0.15) is 0 Å². The van der Waals surface area contributed by atoms with Gasteiger partial charge in [0.25, 0.3) is 0 Å². The fourth-order valence-corrected chi connectivity index (χ4v) is 2.09. The number of thioether (sulfide) groups is 1. The molecule has 0 aliphatic heterocycles. The van der Waals surface area contributed by atoms with Crippen molar-refractivity contribution >= 4 is 17.7 Å². The number of hydrogen-bond donors (Lipinski definition) is 2. The van der Waals surface area contributed by atoms with Crippen molar-refractivity contribution in [1.82, 2.24) is 0 Å². The Bertz CT molecular complexity index is 325. The van der Waals surface area contributed by atoms with Crippen molar-refractivity contribution in [2.24, 2.45) is 0 Å². The molecule has 0 fully saturated rings. The summed E-state index contributed by atoms with van der Waals surface area (Å²) in [6.45, 7) is 0.218. The van der Waals surface area contributed by atoms with E-state index in [1.165, 1.54) is 0 Å². The molecule has 0 aliphatic carbocycles. The number of carbonyl (C=O) groups is 1. The number of carboxylic acid groups (broad SMARTS) is 1. The molecule has 3 nitrogen and oxygen atoms in total. The first-order valence-electron chi connectivity index (χ1n) is 4.81. The van der Waals surface area contributed by atoms with Crippen LogP contribution < -0.4 is 0 Å². The minimum atomic E-state index is -0.896. The lowest BCUT2D eigenvalue weighted by Gasteiger charge is -2.01. The predicted molar refractivity (Wildman–Crippen MR) is 60.4 cm³/mol. The minimum Gasteiger partial charge on any atom is -0.478 e. The fraction of sp³-hybridized carbons (Fsp3) is 0.364. The molecule has 0 saturated heterocycles. The molecular weight excluding hydrogens is 212 g/mol. The van der Waals surface area contributed by atoms with Gasteiger partial charge in [-0.25, -0.2) is 4.79 Å². The van der Waals surface area contributed by atoms with Crippen LogP contribution >= 0.6 is 11.8 Å². The van der Waals surface area contributed by atoms with Crippen LogP contribution in [0.1, 0.15) is 23.2 Å². The fourth-order valence-electron chi connectivity index (χ4n) is 1.12. The zero-order chi connectivity index (χ0) is 11.1. The zero-order valence-corrected chi connectivity index (χ0v) is 9.17. The lowest BCUT2D eigenvalue weighted by molar-refractivity contribution is 0.0696. The van der Waals surface area contributed by atoms with Gasteiger partial charge in [-0.2, -0.15) is 0 Å². The van der Waals surface area contributed by atoms with Crippen LogP contribution in [0.5, 0.6) is 0 Å². The van der Waals surface area contributed by atoms with Gasteiger partial charge >= 0.3 is 5.97 Å². The molecular formula is C11H14O3S. The molecule has 4 heteroatoms. The summed E-state index contributed by atoms with van der Waals surface area (Å²) >= 11 is 1.62. The van der Waals surface area contributed by atoms with E-state index < -0.39 is 5.97 Å². The Morgan fingerprint density at radius 2 is 2.13 bits per heavy atom. The highest BCUT2D eigenvalue weighted by Crippen LogP contribution is 2.20. The highest BCUT2D eigenvalue weighted by molar-refractivity contribution is 7.99. The normalized spacial score (nSPS) is 10.2. The number of aliphatic hydroxyl groups is 1. The van der Waals surface area contributed by atoms with Crippen LogP contribution in [0.3, 0.4) is 0 Å². The standard InChI is InChI=1S/C11H14O3S/c12-6-1-2-7-15-10-5-3-4-9(8-10)11(13)14/h3-5,8,12H,1-2,6-7H2,(H,13,14). The van der Waals surface area contributed by atoms with Crippen LogP contribution in [0.25, 0.3) is 0 Å². The number of aromatic carboxylic acids is 1. The smallest absolute Gasteiger partial charge is 0.335 e. The summed E-state index contributed by atoms with van der Waals surface area (Å²) in [6.07, 6.45) is 1.74. The van der Waals surface area contributed by atoms with Gasteiger partial charge in [-0.05, 0) is 36.8 Å². The molecule has 0 aromatic heterocycles. The maximum atomic E-state index is 10.7. The Morgan fingerprint density at radius 3 is 2.80 bits per heavy atom. The summed E-state index contributed by atoms with van der Waals surface area (Å²) in [7, 11) is 0. The van der Waals surface area contributed by atoms with Gasteiger partial charge < -0.3 is 10.2 Å². The molecule has 1 rings (SSSR count). The predicted octanol–water partition coefficient (Wildman–Crippen LogP) is 2.25. The van der Waals surface area contributed by atoms with E-state index >= 15 is 0 Å². The second-order valence-electron chi connectivity index (χ2n) is 3.11. The van der Waals surface area contributed by atoms with Crippen molar-refractivity contribution in [3.8, 4) is 0 Å². The lowest BCUT2D eigenvalue weighted by Crippen LogP contribution is -1.95. The number of hydrogen-bond acceptors (Lipinski definition) is 3. The summed E-state index contributed by atoms with van der Waals surface area (Å²) in [4.78, 5) is 11.7. The van der Waals surface area contributed by atoms with E-state index in [0.29, 0.717) is 5.56 Å². The van der Waals surface area contributed by atoms with Gasteiger partial charge in [0.2, 0.25) is 0 Å². The number of aliphatic hydroxyl groups excluding tert-OH is 1. The molecule has 0 spiro atoms. The molecule has 0 saturated carbocycles. The number of rotatable bonds is 6. The Labute approximate surface area is 93.1 Å². The van der Waals surface area contributed by atoms with Crippen molar-refractivity contribution < 1.29 is 15.0 Å². The van der Waals surface area contributed by atoms with E-state index in [4.69, 9.17) is 10.2 Å². The van der Waals surface area contributed by atoms with Crippen molar-refractivity contribution in [2.45, 2.75) is 17.7 Å². The monoisotopic (exact) mass is 226 g/mol. The van der Waals surface area contributed by atoms with E-state index in [1.807, 2.05) is 6.07 Å². The molecule has 0 atom stereocenters. The summed E-state index contributed by atoms with van der Waals surface area (Å²) < 4.78 is 0. The van der Waals surface area contributed by atoms with Crippen molar-refractivity contribution in [3.05, 3.63) is 29.8 Å². The Balaban J connectivity index is 2.47. The molecule has 82 valence electrons. The number of unbranched alkanes of at least 4 members (excludes halogenated alkanes) is 1. The van der Waals surface area contributed by atoms with E-state index in [2.05, 4.69) is 0 Å². The molecule has 0 aliphatic rings. The van der Waals surface area contributed by atoms with Crippen LogP contribution in [-0.2, 0) is 0 Å². The Hall–Kier alpha value is -1.00. The van der Waals surface area contributed by atoms with Gasteiger partial charge in [0.15, 0.2) is 0 Å². The third-order valence-electron chi connectivity index (χ3n) is 1.90. The molecule has 0 heterocycles. The molecule has 0 bridgehead atoms. The van der Waals surface area contributed by atoms with Crippen molar-refractivity contribution in [1.29, 1.82) is 0 Å². The SMILES string of the molecule is O=C(O)c1cccc(SCCCCO)c1. The van der Waals surface area contributed by atoms with E-state index in [9.17, 15) is 4.79 Å². The quantitative estimate of drug-likeness (QED) is 0.577. The second-order valence-corrected chi connectivity index (χ2v) is 4.28. The van der Waals surface area contributed by atoms with Gasteiger partial charge in [-0.15, -0.1) is 11.8 Å².